The van der Waals surface area contributed by atoms with Gasteiger partial charge in [-0.2, -0.15) is 4.98 Å². The van der Waals surface area contributed by atoms with E-state index in [-0.39, 0.29) is 16.0 Å². The Morgan fingerprint density at radius 2 is 2.00 bits per heavy atom. The van der Waals surface area contributed by atoms with Crippen molar-refractivity contribution < 1.29 is 4.92 Å². The van der Waals surface area contributed by atoms with Crippen molar-refractivity contribution in [2.75, 3.05) is 5.32 Å². The Labute approximate surface area is 145 Å². The van der Waals surface area contributed by atoms with Crippen molar-refractivity contribution in [2.24, 2.45) is 0 Å². The van der Waals surface area contributed by atoms with Gasteiger partial charge in [-0.25, -0.2) is 4.98 Å². The smallest absolute Gasteiger partial charge is 0.289 e. The first-order valence-corrected chi connectivity index (χ1v) is 8.08. The molecule has 0 aliphatic rings. The SMILES string of the molecule is Cc1sc2nc(Cl)nc(Nc3ccc(Cl)c([N+](=O)[O-])c3)c2c1C. The second kappa shape index (κ2) is 5.92. The summed E-state index contributed by atoms with van der Waals surface area (Å²) in [5.41, 5.74) is 1.37. The van der Waals surface area contributed by atoms with Crippen molar-refractivity contribution >= 4 is 61.9 Å². The van der Waals surface area contributed by atoms with Crippen LogP contribution < -0.4 is 5.32 Å². The Kier molecular flexibility index (Phi) is 4.09. The van der Waals surface area contributed by atoms with Gasteiger partial charge in [-0.15, -0.1) is 11.3 Å². The average Bonchev–Trinajstić information content (AvgIpc) is 2.75. The van der Waals surface area contributed by atoms with Crippen LogP contribution in [0.5, 0.6) is 0 Å². The molecule has 0 aliphatic heterocycles. The van der Waals surface area contributed by atoms with Crippen molar-refractivity contribution in [2.45, 2.75) is 13.8 Å². The molecule has 23 heavy (non-hydrogen) atoms. The summed E-state index contributed by atoms with van der Waals surface area (Å²) >= 11 is 13.3. The molecule has 118 valence electrons. The van der Waals surface area contributed by atoms with E-state index in [2.05, 4.69) is 15.3 Å². The molecule has 3 rings (SSSR count). The van der Waals surface area contributed by atoms with Gasteiger partial charge < -0.3 is 5.32 Å². The van der Waals surface area contributed by atoms with E-state index in [9.17, 15) is 10.1 Å². The molecular formula is C14H10Cl2N4O2S. The van der Waals surface area contributed by atoms with Crippen LogP contribution in [0.1, 0.15) is 10.4 Å². The molecule has 0 spiro atoms. The highest BCUT2D eigenvalue weighted by molar-refractivity contribution is 7.18. The Morgan fingerprint density at radius 3 is 2.70 bits per heavy atom. The topological polar surface area (TPSA) is 81.0 Å². The van der Waals surface area contributed by atoms with Gasteiger partial charge in [0, 0.05) is 16.6 Å². The third-order valence-electron chi connectivity index (χ3n) is 3.41. The summed E-state index contributed by atoms with van der Waals surface area (Å²) in [6.07, 6.45) is 0. The molecule has 0 saturated heterocycles. The van der Waals surface area contributed by atoms with E-state index in [1.54, 1.807) is 6.07 Å². The van der Waals surface area contributed by atoms with Crippen molar-refractivity contribution in [1.29, 1.82) is 0 Å². The quantitative estimate of drug-likeness (QED) is 0.387. The summed E-state index contributed by atoms with van der Waals surface area (Å²) in [6.45, 7) is 3.97. The molecule has 0 fully saturated rings. The number of nitro groups is 1. The van der Waals surface area contributed by atoms with E-state index < -0.39 is 4.92 Å². The van der Waals surface area contributed by atoms with Gasteiger partial charge in [-0.1, -0.05) is 11.6 Å². The van der Waals surface area contributed by atoms with Gasteiger partial charge in [0.1, 0.15) is 15.7 Å². The molecule has 9 heteroatoms. The minimum atomic E-state index is -0.532. The number of nitrogens with zero attached hydrogens (tertiary/aromatic N) is 3. The molecule has 1 N–H and O–H groups in total. The minimum Gasteiger partial charge on any atom is -0.339 e. The number of fused-ring (bicyclic) bond motifs is 1. The fourth-order valence-corrected chi connectivity index (χ4v) is 3.62. The highest BCUT2D eigenvalue weighted by Gasteiger charge is 2.17. The zero-order valence-electron chi connectivity index (χ0n) is 12.1. The summed E-state index contributed by atoms with van der Waals surface area (Å²) in [7, 11) is 0. The zero-order chi connectivity index (χ0) is 16.7. The van der Waals surface area contributed by atoms with E-state index in [1.165, 1.54) is 23.5 Å². The van der Waals surface area contributed by atoms with E-state index in [0.717, 1.165) is 20.7 Å². The summed E-state index contributed by atoms with van der Waals surface area (Å²) in [4.78, 5) is 20.8. The predicted molar refractivity (Wildman–Crippen MR) is 93.3 cm³/mol. The third kappa shape index (κ3) is 2.95. The number of rotatable bonds is 3. The third-order valence-corrected chi connectivity index (χ3v) is 5.00. The number of aryl methyl sites for hydroxylation is 2. The fourth-order valence-electron chi connectivity index (χ4n) is 2.18. The van der Waals surface area contributed by atoms with Gasteiger partial charge in [0.25, 0.3) is 5.69 Å². The van der Waals surface area contributed by atoms with Crippen molar-refractivity contribution in [1.82, 2.24) is 9.97 Å². The highest BCUT2D eigenvalue weighted by Crippen LogP contribution is 2.36. The van der Waals surface area contributed by atoms with Gasteiger partial charge in [0.05, 0.1) is 10.3 Å². The number of thiophene rings is 1. The van der Waals surface area contributed by atoms with Crippen molar-refractivity contribution in [3.8, 4) is 0 Å². The van der Waals surface area contributed by atoms with Crippen molar-refractivity contribution in [3.05, 3.63) is 49.1 Å². The number of nitrogens with one attached hydrogen (secondary N) is 1. The number of halogens is 2. The number of anilines is 2. The first-order valence-electron chi connectivity index (χ1n) is 6.51. The Bertz CT molecular complexity index is 942. The first kappa shape index (κ1) is 15.9. The maximum atomic E-state index is 11.0. The summed E-state index contributed by atoms with van der Waals surface area (Å²) in [6, 6.07) is 4.47. The van der Waals surface area contributed by atoms with Crippen LogP contribution in [0.2, 0.25) is 10.3 Å². The van der Waals surface area contributed by atoms with E-state index in [0.29, 0.717) is 11.5 Å². The monoisotopic (exact) mass is 368 g/mol. The maximum absolute atomic E-state index is 11.0. The molecule has 3 aromatic rings. The van der Waals surface area contributed by atoms with Crippen LogP contribution in [0.15, 0.2) is 18.2 Å². The molecule has 0 radical (unpaired) electrons. The fraction of sp³-hybridized carbons (Fsp3) is 0.143. The van der Waals surface area contributed by atoms with Crippen LogP contribution in [-0.2, 0) is 0 Å². The van der Waals surface area contributed by atoms with Gasteiger partial charge in [-0.05, 0) is 43.1 Å². The van der Waals surface area contributed by atoms with E-state index in [1.807, 2.05) is 13.8 Å². The second-order valence-electron chi connectivity index (χ2n) is 4.85. The number of hydrogen-bond acceptors (Lipinski definition) is 6. The predicted octanol–water partition coefficient (Wildman–Crippen LogP) is 5.27. The van der Waals surface area contributed by atoms with Crippen LogP contribution >= 0.6 is 34.5 Å². The van der Waals surface area contributed by atoms with Crippen LogP contribution in [-0.4, -0.2) is 14.9 Å². The molecule has 0 bridgehead atoms. The molecule has 0 unspecified atom stereocenters. The van der Waals surface area contributed by atoms with Crippen LogP contribution in [0.4, 0.5) is 17.2 Å². The minimum absolute atomic E-state index is 0.0778. The van der Waals surface area contributed by atoms with Gasteiger partial charge in [0.2, 0.25) is 5.28 Å². The molecule has 2 aromatic heterocycles. The van der Waals surface area contributed by atoms with Gasteiger partial charge >= 0.3 is 0 Å². The largest absolute Gasteiger partial charge is 0.339 e. The van der Waals surface area contributed by atoms with Gasteiger partial charge in [0.15, 0.2) is 0 Å². The lowest BCUT2D eigenvalue weighted by Gasteiger charge is -2.08. The number of benzene rings is 1. The summed E-state index contributed by atoms with van der Waals surface area (Å²) in [5.74, 6) is 0.512. The molecule has 1 aromatic carbocycles. The number of hydrogen-bond donors (Lipinski definition) is 1. The molecule has 2 heterocycles. The van der Waals surface area contributed by atoms with E-state index in [4.69, 9.17) is 23.2 Å². The zero-order valence-corrected chi connectivity index (χ0v) is 14.4. The lowest BCUT2D eigenvalue weighted by atomic mass is 10.2. The molecule has 0 amide bonds. The van der Waals surface area contributed by atoms with Crippen LogP contribution in [0, 0.1) is 24.0 Å². The van der Waals surface area contributed by atoms with Gasteiger partial charge in [-0.3, -0.25) is 10.1 Å². The van der Waals surface area contributed by atoms with E-state index >= 15 is 0 Å². The normalized spacial score (nSPS) is 11.0. The van der Waals surface area contributed by atoms with Crippen LogP contribution in [0.25, 0.3) is 10.2 Å². The Morgan fingerprint density at radius 1 is 1.26 bits per heavy atom. The van der Waals surface area contributed by atoms with Crippen molar-refractivity contribution in [3.63, 3.8) is 0 Å². The summed E-state index contributed by atoms with van der Waals surface area (Å²) in [5, 5.41) is 15.1. The Balaban J connectivity index is 2.12. The lowest BCUT2D eigenvalue weighted by Crippen LogP contribution is -1.98. The average molecular weight is 369 g/mol. The molecule has 0 saturated carbocycles. The molecule has 6 nitrogen and oxygen atoms in total. The number of aromatic nitrogens is 2. The van der Waals surface area contributed by atoms with Crippen LogP contribution in [0.3, 0.4) is 0 Å². The summed E-state index contributed by atoms with van der Waals surface area (Å²) < 4.78 is 0. The Hall–Kier alpha value is -1.96. The second-order valence-corrected chi connectivity index (χ2v) is 6.80. The first-order chi connectivity index (χ1) is 10.9. The molecule has 0 atom stereocenters. The molecular weight excluding hydrogens is 359 g/mol. The lowest BCUT2D eigenvalue weighted by molar-refractivity contribution is -0.384. The standard InChI is InChI=1S/C14H10Cl2N4O2S/c1-6-7(2)23-13-11(6)12(18-14(16)19-13)17-8-3-4-9(15)10(5-8)20(21)22/h3-5H,1-2H3,(H,17,18,19). The highest BCUT2D eigenvalue weighted by atomic mass is 35.5. The number of nitro benzene ring substituents is 1. The maximum Gasteiger partial charge on any atom is 0.289 e. The molecule has 0 aliphatic carbocycles.